The molecule has 1 aliphatic rings. The summed E-state index contributed by atoms with van der Waals surface area (Å²) in [7, 11) is -3.63. The molecule has 0 unspecified atom stereocenters. The van der Waals surface area contributed by atoms with Crippen molar-refractivity contribution in [1.29, 1.82) is 0 Å². The first-order valence-corrected chi connectivity index (χ1v) is 12.7. The normalized spacial score (nSPS) is 19.0. The molecule has 2 atom stereocenters. The lowest BCUT2D eigenvalue weighted by atomic mass is 9.98. The largest absolute Gasteiger partial charge is 0.352 e. The SMILES string of the molecule is CSCC[C@H](NC(=O)[C@H]1CCCN(S(=O)(=O)c2ccccc2)C1)C(=O)NC(C)C. The molecule has 162 valence electrons. The van der Waals surface area contributed by atoms with E-state index >= 15 is 0 Å². The Morgan fingerprint density at radius 1 is 1.21 bits per heavy atom. The van der Waals surface area contributed by atoms with E-state index in [4.69, 9.17) is 0 Å². The monoisotopic (exact) mass is 441 g/mol. The summed E-state index contributed by atoms with van der Waals surface area (Å²) < 4.78 is 27.1. The maximum atomic E-state index is 12.9. The van der Waals surface area contributed by atoms with Gasteiger partial charge in [0.2, 0.25) is 21.8 Å². The number of sulfonamides is 1. The van der Waals surface area contributed by atoms with Crippen LogP contribution in [-0.4, -0.2) is 61.7 Å². The summed E-state index contributed by atoms with van der Waals surface area (Å²) in [6.45, 7) is 4.27. The predicted molar refractivity (Wildman–Crippen MR) is 116 cm³/mol. The van der Waals surface area contributed by atoms with E-state index in [0.717, 1.165) is 5.75 Å². The molecule has 29 heavy (non-hydrogen) atoms. The average molecular weight is 442 g/mol. The van der Waals surface area contributed by atoms with Gasteiger partial charge in [0.05, 0.1) is 10.8 Å². The van der Waals surface area contributed by atoms with E-state index in [0.29, 0.717) is 25.8 Å². The van der Waals surface area contributed by atoms with Gasteiger partial charge in [-0.3, -0.25) is 9.59 Å². The molecule has 2 amide bonds. The van der Waals surface area contributed by atoms with Gasteiger partial charge in [0.1, 0.15) is 6.04 Å². The number of hydrogen-bond acceptors (Lipinski definition) is 5. The molecule has 7 nitrogen and oxygen atoms in total. The number of carbonyl (C=O) groups excluding carboxylic acids is 2. The number of thioether (sulfide) groups is 1. The lowest BCUT2D eigenvalue weighted by molar-refractivity contribution is -0.132. The fourth-order valence-corrected chi connectivity index (χ4v) is 5.31. The fourth-order valence-electron chi connectivity index (χ4n) is 3.30. The molecule has 2 rings (SSSR count). The van der Waals surface area contributed by atoms with Crippen molar-refractivity contribution in [3.05, 3.63) is 30.3 Å². The molecule has 0 bridgehead atoms. The molecule has 0 aliphatic carbocycles. The number of benzene rings is 1. The summed E-state index contributed by atoms with van der Waals surface area (Å²) in [5, 5.41) is 5.70. The van der Waals surface area contributed by atoms with Crippen molar-refractivity contribution in [3.63, 3.8) is 0 Å². The standard InChI is InChI=1S/C20H31N3O4S2/c1-15(2)21-20(25)18(11-13-28-3)22-19(24)16-8-7-12-23(14-16)29(26,27)17-9-5-4-6-10-17/h4-6,9-10,15-16,18H,7-8,11-14H2,1-3H3,(H,21,25)(H,22,24)/t16-,18-/m0/s1. The molecule has 1 saturated heterocycles. The van der Waals surface area contributed by atoms with Crippen molar-refractivity contribution in [3.8, 4) is 0 Å². The highest BCUT2D eigenvalue weighted by Crippen LogP contribution is 2.24. The molecule has 1 heterocycles. The number of amides is 2. The van der Waals surface area contributed by atoms with Crippen LogP contribution in [0.1, 0.15) is 33.1 Å². The maximum absolute atomic E-state index is 12.9. The second-order valence-corrected chi connectivity index (χ2v) is 10.4. The van der Waals surface area contributed by atoms with Crippen LogP contribution in [0, 0.1) is 5.92 Å². The summed E-state index contributed by atoms with van der Waals surface area (Å²) in [6.07, 6.45) is 3.70. The number of nitrogens with one attached hydrogen (secondary N) is 2. The van der Waals surface area contributed by atoms with Crippen LogP contribution >= 0.6 is 11.8 Å². The second-order valence-electron chi connectivity index (χ2n) is 7.52. The molecule has 0 aromatic heterocycles. The van der Waals surface area contributed by atoms with Crippen LogP contribution in [0.5, 0.6) is 0 Å². The maximum Gasteiger partial charge on any atom is 0.243 e. The Kier molecular flexibility index (Phi) is 8.98. The first-order chi connectivity index (χ1) is 13.8. The minimum absolute atomic E-state index is 0.0163. The van der Waals surface area contributed by atoms with Crippen LogP contribution in [0.4, 0.5) is 0 Å². The van der Waals surface area contributed by atoms with Crippen LogP contribution in [0.2, 0.25) is 0 Å². The highest BCUT2D eigenvalue weighted by atomic mass is 32.2. The average Bonchev–Trinajstić information content (AvgIpc) is 2.71. The Morgan fingerprint density at radius 3 is 2.52 bits per heavy atom. The van der Waals surface area contributed by atoms with Gasteiger partial charge in [0.25, 0.3) is 0 Å². The minimum atomic E-state index is -3.63. The lowest BCUT2D eigenvalue weighted by Gasteiger charge is -2.32. The van der Waals surface area contributed by atoms with Crippen LogP contribution in [0.25, 0.3) is 0 Å². The van der Waals surface area contributed by atoms with Crippen LogP contribution in [-0.2, 0) is 19.6 Å². The number of nitrogens with zero attached hydrogens (tertiary/aromatic N) is 1. The van der Waals surface area contributed by atoms with Crippen LogP contribution in [0.15, 0.2) is 35.2 Å². The third-order valence-corrected chi connectivity index (χ3v) is 7.33. The van der Waals surface area contributed by atoms with Crippen LogP contribution in [0.3, 0.4) is 0 Å². The molecule has 0 saturated carbocycles. The van der Waals surface area contributed by atoms with Gasteiger partial charge in [0, 0.05) is 19.1 Å². The van der Waals surface area contributed by atoms with E-state index in [1.807, 2.05) is 20.1 Å². The number of hydrogen-bond donors (Lipinski definition) is 2. The first kappa shape index (κ1) is 23.7. The van der Waals surface area contributed by atoms with Gasteiger partial charge in [-0.05, 0) is 57.3 Å². The summed E-state index contributed by atoms with van der Waals surface area (Å²) >= 11 is 1.61. The molecular weight excluding hydrogens is 410 g/mol. The lowest BCUT2D eigenvalue weighted by Crippen LogP contribution is -2.52. The summed E-state index contributed by atoms with van der Waals surface area (Å²) in [4.78, 5) is 25.5. The molecule has 1 aromatic carbocycles. The quantitative estimate of drug-likeness (QED) is 0.610. The molecule has 0 radical (unpaired) electrons. The van der Waals surface area contributed by atoms with Crippen molar-refractivity contribution in [1.82, 2.24) is 14.9 Å². The summed E-state index contributed by atoms with van der Waals surface area (Å²) in [5.74, 6) is -0.184. The van der Waals surface area contributed by atoms with Crippen molar-refractivity contribution in [2.24, 2.45) is 5.92 Å². The third-order valence-electron chi connectivity index (χ3n) is 4.81. The highest BCUT2D eigenvalue weighted by molar-refractivity contribution is 7.98. The highest BCUT2D eigenvalue weighted by Gasteiger charge is 2.34. The Hall–Kier alpha value is -1.58. The van der Waals surface area contributed by atoms with Gasteiger partial charge < -0.3 is 10.6 Å². The van der Waals surface area contributed by atoms with E-state index < -0.39 is 22.0 Å². The topological polar surface area (TPSA) is 95.6 Å². The predicted octanol–water partition coefficient (Wildman–Crippen LogP) is 1.85. The summed E-state index contributed by atoms with van der Waals surface area (Å²) in [6, 6.07) is 7.63. The molecule has 1 aliphatic heterocycles. The first-order valence-electron chi connectivity index (χ1n) is 9.90. The van der Waals surface area contributed by atoms with Crippen LogP contribution < -0.4 is 10.6 Å². The smallest absolute Gasteiger partial charge is 0.243 e. The van der Waals surface area contributed by atoms with Crippen molar-refractivity contribution in [2.75, 3.05) is 25.1 Å². The van der Waals surface area contributed by atoms with E-state index in [9.17, 15) is 18.0 Å². The number of piperidine rings is 1. The van der Waals surface area contributed by atoms with Gasteiger partial charge in [-0.25, -0.2) is 8.42 Å². The van der Waals surface area contributed by atoms with Crippen molar-refractivity contribution >= 4 is 33.6 Å². The van der Waals surface area contributed by atoms with Gasteiger partial charge in [-0.2, -0.15) is 16.1 Å². The Bertz CT molecular complexity index is 784. The van der Waals surface area contributed by atoms with Gasteiger partial charge >= 0.3 is 0 Å². The third kappa shape index (κ3) is 6.72. The fraction of sp³-hybridized carbons (Fsp3) is 0.600. The van der Waals surface area contributed by atoms with E-state index in [2.05, 4.69) is 10.6 Å². The zero-order valence-electron chi connectivity index (χ0n) is 17.3. The Labute approximate surface area is 178 Å². The molecule has 1 fully saturated rings. The van der Waals surface area contributed by atoms with E-state index in [1.54, 1.807) is 42.1 Å². The van der Waals surface area contributed by atoms with Gasteiger partial charge in [0.15, 0.2) is 0 Å². The van der Waals surface area contributed by atoms with E-state index in [-0.39, 0.29) is 29.3 Å². The molecule has 0 spiro atoms. The number of carbonyl (C=O) groups is 2. The molecular formula is C20H31N3O4S2. The zero-order chi connectivity index (χ0) is 21.4. The van der Waals surface area contributed by atoms with Crippen molar-refractivity contribution in [2.45, 2.75) is 50.1 Å². The summed E-state index contributed by atoms with van der Waals surface area (Å²) in [5.41, 5.74) is 0. The number of rotatable bonds is 9. The van der Waals surface area contributed by atoms with Gasteiger partial charge in [-0.15, -0.1) is 0 Å². The molecule has 1 aromatic rings. The minimum Gasteiger partial charge on any atom is -0.352 e. The van der Waals surface area contributed by atoms with E-state index in [1.165, 1.54) is 4.31 Å². The zero-order valence-corrected chi connectivity index (χ0v) is 18.9. The molecule has 9 heteroatoms. The molecule has 2 N–H and O–H groups in total. The van der Waals surface area contributed by atoms with Crippen molar-refractivity contribution < 1.29 is 18.0 Å². The Morgan fingerprint density at radius 2 is 1.90 bits per heavy atom. The second kappa shape index (κ2) is 11.0. The van der Waals surface area contributed by atoms with Gasteiger partial charge in [-0.1, -0.05) is 18.2 Å². The Balaban J connectivity index is 2.06.